The van der Waals surface area contributed by atoms with Crippen molar-refractivity contribution in [3.05, 3.63) is 105 Å². The van der Waals surface area contributed by atoms with E-state index in [-0.39, 0.29) is 29.4 Å². The Bertz CT molecular complexity index is 1300. The zero-order valence-corrected chi connectivity index (χ0v) is 19.9. The van der Waals surface area contributed by atoms with Crippen molar-refractivity contribution in [1.29, 1.82) is 0 Å². The van der Waals surface area contributed by atoms with E-state index in [1.54, 1.807) is 30.3 Å². The Morgan fingerprint density at radius 3 is 2.14 bits per heavy atom. The molecule has 0 unspecified atom stereocenters. The van der Waals surface area contributed by atoms with Gasteiger partial charge in [-0.2, -0.15) is 0 Å². The third-order valence-electron chi connectivity index (χ3n) is 6.78. The predicted molar refractivity (Wildman–Crippen MR) is 135 cm³/mol. The lowest BCUT2D eigenvalue weighted by molar-refractivity contribution is 0.186. The zero-order chi connectivity index (χ0) is 24.4. The molecule has 3 aromatic carbocycles. The quantitative estimate of drug-likeness (QED) is 0.366. The Balaban J connectivity index is 1.21. The van der Waals surface area contributed by atoms with Gasteiger partial charge in [0.05, 0.1) is 17.1 Å². The van der Waals surface area contributed by atoms with Crippen LogP contribution >= 0.6 is 11.6 Å². The maximum atomic E-state index is 13.5. The van der Waals surface area contributed by atoms with Gasteiger partial charge in [-0.05, 0) is 66.4 Å². The van der Waals surface area contributed by atoms with E-state index in [0.717, 1.165) is 61.2 Å². The van der Waals surface area contributed by atoms with Crippen LogP contribution in [0.3, 0.4) is 0 Å². The average molecular weight is 497 g/mol. The number of benzene rings is 3. The van der Waals surface area contributed by atoms with Gasteiger partial charge in [0.2, 0.25) is 0 Å². The van der Waals surface area contributed by atoms with Gasteiger partial charge in [0.25, 0.3) is 0 Å². The molecule has 0 radical (unpaired) electrons. The fourth-order valence-corrected chi connectivity index (χ4v) is 5.14. The Hall–Kier alpha value is -3.00. The number of halogens is 3. The number of hydrogen-bond donors (Lipinski definition) is 2. The molecule has 0 spiro atoms. The summed E-state index contributed by atoms with van der Waals surface area (Å²) < 4.78 is 28.8. The molecule has 8 heteroatoms. The summed E-state index contributed by atoms with van der Waals surface area (Å²) in [6.45, 7) is 3.33. The SMILES string of the molecule is O=c1[nH]c2cc(Cl)ccc2n1C1CCN(CCNC(c2ccc(F)cc2)c2ccc(F)cc2)CC1. The van der Waals surface area contributed by atoms with Crippen molar-refractivity contribution in [3.63, 3.8) is 0 Å². The number of rotatable bonds is 7. The third kappa shape index (κ3) is 5.32. The normalized spacial score (nSPS) is 15.3. The fraction of sp³-hybridized carbons (Fsp3) is 0.296. The minimum atomic E-state index is -0.285. The van der Waals surface area contributed by atoms with E-state index >= 15 is 0 Å². The molecule has 1 aliphatic heterocycles. The van der Waals surface area contributed by atoms with E-state index in [1.165, 1.54) is 24.3 Å². The summed E-state index contributed by atoms with van der Waals surface area (Å²) in [5.41, 5.74) is 3.41. The number of nitrogens with one attached hydrogen (secondary N) is 2. The van der Waals surface area contributed by atoms with Gasteiger partial charge in [-0.1, -0.05) is 35.9 Å². The minimum absolute atomic E-state index is 0.0937. The first-order valence-electron chi connectivity index (χ1n) is 11.8. The van der Waals surface area contributed by atoms with Crippen LogP contribution in [-0.2, 0) is 0 Å². The molecule has 2 N–H and O–H groups in total. The predicted octanol–water partition coefficient (Wildman–Crippen LogP) is 5.28. The number of likely N-dealkylation sites (tertiary alicyclic amines) is 1. The molecule has 0 bridgehead atoms. The molecular formula is C27H27ClF2N4O. The van der Waals surface area contributed by atoms with Crippen LogP contribution in [0.15, 0.2) is 71.5 Å². The molecule has 1 aromatic heterocycles. The molecule has 1 saturated heterocycles. The maximum Gasteiger partial charge on any atom is 0.326 e. The average Bonchev–Trinajstić information content (AvgIpc) is 3.18. The molecule has 35 heavy (non-hydrogen) atoms. The number of nitrogens with zero attached hydrogens (tertiary/aromatic N) is 2. The molecular weight excluding hydrogens is 470 g/mol. The van der Waals surface area contributed by atoms with E-state index in [4.69, 9.17) is 11.6 Å². The van der Waals surface area contributed by atoms with Crippen molar-refractivity contribution in [1.82, 2.24) is 19.8 Å². The van der Waals surface area contributed by atoms with Crippen molar-refractivity contribution in [3.8, 4) is 0 Å². The second-order valence-corrected chi connectivity index (χ2v) is 9.46. The summed E-state index contributed by atoms with van der Waals surface area (Å²) in [5, 5.41) is 4.16. The molecule has 182 valence electrons. The molecule has 0 aliphatic carbocycles. The molecule has 0 amide bonds. The van der Waals surface area contributed by atoms with Crippen molar-refractivity contribution >= 4 is 22.6 Å². The Morgan fingerprint density at radius 2 is 1.54 bits per heavy atom. The smallest absolute Gasteiger partial charge is 0.305 e. The molecule has 2 heterocycles. The highest BCUT2D eigenvalue weighted by molar-refractivity contribution is 6.31. The molecule has 0 saturated carbocycles. The second kappa shape index (κ2) is 10.3. The highest BCUT2D eigenvalue weighted by Crippen LogP contribution is 2.26. The third-order valence-corrected chi connectivity index (χ3v) is 7.02. The zero-order valence-electron chi connectivity index (χ0n) is 19.2. The van der Waals surface area contributed by atoms with Gasteiger partial charge in [-0.15, -0.1) is 0 Å². The number of aromatic amines is 1. The van der Waals surface area contributed by atoms with Gasteiger partial charge in [-0.3, -0.25) is 4.57 Å². The van der Waals surface area contributed by atoms with E-state index < -0.39 is 0 Å². The first kappa shape index (κ1) is 23.7. The second-order valence-electron chi connectivity index (χ2n) is 9.02. The number of H-pyrrole nitrogens is 1. The summed E-state index contributed by atoms with van der Waals surface area (Å²) in [6, 6.07) is 18.3. The number of aromatic nitrogens is 2. The molecule has 5 nitrogen and oxygen atoms in total. The van der Waals surface area contributed by atoms with Gasteiger partial charge < -0.3 is 15.2 Å². The largest absolute Gasteiger partial charge is 0.326 e. The van der Waals surface area contributed by atoms with Gasteiger partial charge in [0.1, 0.15) is 11.6 Å². The van der Waals surface area contributed by atoms with Gasteiger partial charge in [0, 0.05) is 37.2 Å². The van der Waals surface area contributed by atoms with Crippen LogP contribution < -0.4 is 11.0 Å². The maximum absolute atomic E-state index is 13.5. The first-order valence-corrected chi connectivity index (χ1v) is 12.2. The Kier molecular flexibility index (Phi) is 7.00. The number of fused-ring (bicyclic) bond motifs is 1. The van der Waals surface area contributed by atoms with Gasteiger partial charge in [-0.25, -0.2) is 13.6 Å². The van der Waals surface area contributed by atoms with Crippen molar-refractivity contribution in [2.75, 3.05) is 26.2 Å². The van der Waals surface area contributed by atoms with Crippen LogP contribution in [0.1, 0.15) is 36.1 Å². The Labute approximate surface area is 207 Å². The highest BCUT2D eigenvalue weighted by atomic mass is 35.5. The van der Waals surface area contributed by atoms with E-state index in [2.05, 4.69) is 15.2 Å². The van der Waals surface area contributed by atoms with E-state index in [9.17, 15) is 13.6 Å². The van der Waals surface area contributed by atoms with Crippen LogP contribution in [0.4, 0.5) is 8.78 Å². The molecule has 0 atom stereocenters. The summed E-state index contributed by atoms with van der Waals surface area (Å²) >= 11 is 6.07. The van der Waals surface area contributed by atoms with E-state index in [1.807, 2.05) is 16.7 Å². The highest BCUT2D eigenvalue weighted by Gasteiger charge is 2.24. The van der Waals surface area contributed by atoms with Crippen molar-refractivity contribution < 1.29 is 8.78 Å². The van der Waals surface area contributed by atoms with Crippen LogP contribution in [-0.4, -0.2) is 40.6 Å². The number of imidazole rings is 1. The monoisotopic (exact) mass is 496 g/mol. The fourth-order valence-electron chi connectivity index (χ4n) is 4.97. The van der Waals surface area contributed by atoms with E-state index in [0.29, 0.717) is 5.02 Å². The molecule has 5 rings (SSSR count). The summed E-state index contributed by atoms with van der Waals surface area (Å²) in [5.74, 6) is -0.571. The lowest BCUT2D eigenvalue weighted by Gasteiger charge is -2.33. The molecule has 4 aromatic rings. The number of hydrogen-bond acceptors (Lipinski definition) is 3. The van der Waals surface area contributed by atoms with Gasteiger partial charge >= 0.3 is 5.69 Å². The van der Waals surface area contributed by atoms with Crippen LogP contribution in [0.25, 0.3) is 11.0 Å². The van der Waals surface area contributed by atoms with Crippen LogP contribution in [0.5, 0.6) is 0 Å². The molecule has 1 aliphatic rings. The summed E-state index contributed by atoms with van der Waals surface area (Å²) in [4.78, 5) is 17.9. The Morgan fingerprint density at radius 1 is 0.943 bits per heavy atom. The van der Waals surface area contributed by atoms with Gasteiger partial charge in [0.15, 0.2) is 0 Å². The lowest BCUT2D eigenvalue weighted by Crippen LogP contribution is -2.40. The van der Waals surface area contributed by atoms with Crippen LogP contribution in [0, 0.1) is 11.6 Å². The van der Waals surface area contributed by atoms with Crippen molar-refractivity contribution in [2.24, 2.45) is 0 Å². The first-order chi connectivity index (χ1) is 17.0. The topological polar surface area (TPSA) is 53.1 Å². The minimum Gasteiger partial charge on any atom is -0.305 e. The van der Waals surface area contributed by atoms with Crippen LogP contribution in [0.2, 0.25) is 5.02 Å². The number of piperidine rings is 1. The summed E-state index contributed by atoms with van der Waals surface area (Å²) in [6.07, 6.45) is 1.77. The standard InChI is InChI=1S/C27H27ClF2N4O/c28-20-5-10-25-24(17-20)32-27(35)34(25)23-11-14-33(15-12-23)16-13-31-26(18-1-6-21(29)7-2-18)19-3-8-22(30)9-4-19/h1-10,17,23,26,31H,11-16H2,(H,32,35). The van der Waals surface area contributed by atoms with Crippen molar-refractivity contribution in [2.45, 2.75) is 24.9 Å². The lowest BCUT2D eigenvalue weighted by atomic mass is 9.98. The molecule has 1 fully saturated rings. The summed E-state index contributed by atoms with van der Waals surface area (Å²) in [7, 11) is 0.